The number of aryl methyl sites for hydroxylation is 1. The second-order valence-corrected chi connectivity index (χ2v) is 6.16. The quantitative estimate of drug-likeness (QED) is 0.426. The molecule has 1 heterocycles. The monoisotopic (exact) mass is 321 g/mol. The highest BCUT2D eigenvalue weighted by atomic mass is 14.7. The number of benzene rings is 3. The van der Waals surface area contributed by atoms with Crippen molar-refractivity contribution < 1.29 is 0 Å². The lowest BCUT2D eigenvalue weighted by molar-refractivity contribution is 1.32. The fourth-order valence-corrected chi connectivity index (χ4v) is 3.30. The summed E-state index contributed by atoms with van der Waals surface area (Å²) in [5.41, 5.74) is 8.35. The molecule has 120 valence electrons. The first-order valence-corrected chi connectivity index (χ1v) is 8.50. The molecule has 0 saturated heterocycles. The first kappa shape index (κ1) is 15.3. The molecule has 0 spiro atoms. The Morgan fingerprint density at radius 3 is 1.88 bits per heavy atom. The molecule has 1 aromatic heterocycles. The molecule has 0 aliphatic rings. The van der Waals surface area contributed by atoms with Crippen LogP contribution in [0.3, 0.4) is 0 Å². The second kappa shape index (κ2) is 6.74. The summed E-state index contributed by atoms with van der Waals surface area (Å²) >= 11 is 0. The van der Waals surface area contributed by atoms with Gasteiger partial charge >= 0.3 is 0 Å². The van der Waals surface area contributed by atoms with Crippen LogP contribution >= 0.6 is 0 Å². The van der Waals surface area contributed by atoms with E-state index in [1.807, 2.05) is 24.4 Å². The fourth-order valence-electron chi connectivity index (χ4n) is 3.30. The van der Waals surface area contributed by atoms with E-state index in [1.165, 1.54) is 33.4 Å². The molecule has 0 fully saturated rings. The number of nitrogens with zero attached hydrogens (tertiary/aromatic N) is 1. The van der Waals surface area contributed by atoms with Crippen LogP contribution in [0.2, 0.25) is 0 Å². The molecule has 0 aliphatic heterocycles. The molecule has 4 rings (SSSR count). The van der Waals surface area contributed by atoms with Gasteiger partial charge in [-0.25, -0.2) is 0 Å². The van der Waals surface area contributed by atoms with E-state index in [4.69, 9.17) is 0 Å². The number of aromatic nitrogens is 1. The Hall–Kier alpha value is -3.19. The summed E-state index contributed by atoms with van der Waals surface area (Å²) in [5, 5.41) is 0. The van der Waals surface area contributed by atoms with Gasteiger partial charge in [0.15, 0.2) is 0 Å². The molecule has 1 heteroatoms. The van der Waals surface area contributed by atoms with Crippen molar-refractivity contribution >= 4 is 0 Å². The maximum atomic E-state index is 4.61. The van der Waals surface area contributed by atoms with Gasteiger partial charge in [-0.15, -0.1) is 0 Å². The Labute approximate surface area is 148 Å². The molecule has 0 aliphatic carbocycles. The zero-order valence-electron chi connectivity index (χ0n) is 14.2. The minimum absolute atomic E-state index is 1.00. The third kappa shape index (κ3) is 3.09. The van der Waals surface area contributed by atoms with E-state index >= 15 is 0 Å². The van der Waals surface area contributed by atoms with Gasteiger partial charge in [0.05, 0.1) is 5.69 Å². The summed E-state index contributed by atoms with van der Waals surface area (Å²) in [6, 6.07) is 31.7. The third-order valence-corrected chi connectivity index (χ3v) is 4.45. The highest BCUT2D eigenvalue weighted by molar-refractivity contribution is 5.88. The average molecular weight is 321 g/mol. The molecule has 0 saturated carbocycles. The lowest BCUT2D eigenvalue weighted by atomic mass is 9.89. The number of pyridine rings is 1. The standard InChI is InChI=1S/C24H19N/c1-18-16-21(19-10-4-2-5-11-19)17-22(23-14-8-9-15-25-23)24(18)20-12-6-3-7-13-20/h2-17H,1H3. The molecule has 25 heavy (non-hydrogen) atoms. The average Bonchev–Trinajstić information content (AvgIpc) is 2.69. The first-order chi connectivity index (χ1) is 12.3. The maximum Gasteiger partial charge on any atom is 0.0708 e. The van der Waals surface area contributed by atoms with Crippen LogP contribution in [-0.4, -0.2) is 4.98 Å². The third-order valence-electron chi connectivity index (χ3n) is 4.45. The lowest BCUT2D eigenvalue weighted by Crippen LogP contribution is -1.93. The van der Waals surface area contributed by atoms with E-state index in [9.17, 15) is 0 Å². The van der Waals surface area contributed by atoms with Gasteiger partial charge in [0, 0.05) is 11.8 Å². The number of hydrogen-bond acceptors (Lipinski definition) is 1. The molecule has 0 radical (unpaired) electrons. The van der Waals surface area contributed by atoms with Gasteiger partial charge in [0.25, 0.3) is 0 Å². The van der Waals surface area contributed by atoms with Crippen molar-refractivity contribution in [3.63, 3.8) is 0 Å². The van der Waals surface area contributed by atoms with Crippen LogP contribution in [0.1, 0.15) is 5.56 Å². The van der Waals surface area contributed by atoms with Crippen LogP contribution in [0.5, 0.6) is 0 Å². The van der Waals surface area contributed by atoms with E-state index in [-0.39, 0.29) is 0 Å². The van der Waals surface area contributed by atoms with Gasteiger partial charge in [-0.1, -0.05) is 72.8 Å². The van der Waals surface area contributed by atoms with Crippen molar-refractivity contribution in [1.29, 1.82) is 0 Å². The highest BCUT2D eigenvalue weighted by Gasteiger charge is 2.13. The topological polar surface area (TPSA) is 12.9 Å². The van der Waals surface area contributed by atoms with Crippen molar-refractivity contribution in [2.75, 3.05) is 0 Å². The van der Waals surface area contributed by atoms with Crippen LogP contribution in [0, 0.1) is 6.92 Å². The van der Waals surface area contributed by atoms with Gasteiger partial charge < -0.3 is 0 Å². The van der Waals surface area contributed by atoms with Crippen molar-refractivity contribution in [1.82, 2.24) is 4.98 Å². The normalized spacial score (nSPS) is 10.6. The minimum atomic E-state index is 1.00. The van der Waals surface area contributed by atoms with Gasteiger partial charge in [-0.05, 0) is 52.9 Å². The Morgan fingerprint density at radius 1 is 0.600 bits per heavy atom. The minimum Gasteiger partial charge on any atom is -0.256 e. The SMILES string of the molecule is Cc1cc(-c2ccccc2)cc(-c2ccccn2)c1-c1ccccc1. The molecule has 0 atom stereocenters. The molecule has 0 unspecified atom stereocenters. The van der Waals surface area contributed by atoms with Crippen LogP contribution in [-0.2, 0) is 0 Å². The number of hydrogen-bond donors (Lipinski definition) is 0. The van der Waals surface area contributed by atoms with E-state index in [0.29, 0.717) is 0 Å². The summed E-state index contributed by atoms with van der Waals surface area (Å²) in [7, 11) is 0. The van der Waals surface area contributed by atoms with E-state index in [0.717, 1.165) is 5.69 Å². The predicted molar refractivity (Wildman–Crippen MR) is 105 cm³/mol. The zero-order valence-corrected chi connectivity index (χ0v) is 14.2. The molecule has 0 bridgehead atoms. The first-order valence-electron chi connectivity index (χ1n) is 8.50. The summed E-state index contributed by atoms with van der Waals surface area (Å²) in [6.07, 6.45) is 1.86. The van der Waals surface area contributed by atoms with Crippen LogP contribution in [0.25, 0.3) is 33.5 Å². The molecule has 0 amide bonds. The van der Waals surface area contributed by atoms with Crippen LogP contribution in [0.15, 0.2) is 97.2 Å². The molecule has 4 aromatic rings. The molecular formula is C24H19N. The number of rotatable bonds is 3. The van der Waals surface area contributed by atoms with Crippen LogP contribution in [0.4, 0.5) is 0 Å². The second-order valence-electron chi connectivity index (χ2n) is 6.16. The predicted octanol–water partition coefficient (Wildman–Crippen LogP) is 6.39. The summed E-state index contributed by atoms with van der Waals surface area (Å²) < 4.78 is 0. The maximum absolute atomic E-state index is 4.61. The van der Waals surface area contributed by atoms with Gasteiger partial charge in [-0.2, -0.15) is 0 Å². The Balaban J connectivity index is 1.99. The van der Waals surface area contributed by atoms with E-state index in [1.54, 1.807) is 0 Å². The highest BCUT2D eigenvalue weighted by Crippen LogP contribution is 2.37. The summed E-state index contributed by atoms with van der Waals surface area (Å²) in [5.74, 6) is 0. The van der Waals surface area contributed by atoms with Crippen molar-refractivity contribution in [3.8, 4) is 33.5 Å². The van der Waals surface area contributed by atoms with Gasteiger partial charge in [0.1, 0.15) is 0 Å². The van der Waals surface area contributed by atoms with E-state index in [2.05, 4.69) is 84.7 Å². The van der Waals surface area contributed by atoms with Crippen LogP contribution < -0.4 is 0 Å². The Bertz CT molecular complexity index is 974. The molecule has 0 N–H and O–H groups in total. The Kier molecular flexibility index (Phi) is 4.14. The zero-order chi connectivity index (χ0) is 17.1. The van der Waals surface area contributed by atoms with Crippen molar-refractivity contribution in [2.45, 2.75) is 6.92 Å². The fraction of sp³-hybridized carbons (Fsp3) is 0.0417. The van der Waals surface area contributed by atoms with E-state index < -0.39 is 0 Å². The van der Waals surface area contributed by atoms with Crippen molar-refractivity contribution in [3.05, 3.63) is 103 Å². The lowest BCUT2D eigenvalue weighted by Gasteiger charge is -2.16. The van der Waals surface area contributed by atoms with Gasteiger partial charge in [0.2, 0.25) is 0 Å². The molecule has 1 nitrogen and oxygen atoms in total. The summed E-state index contributed by atoms with van der Waals surface area (Å²) in [4.78, 5) is 4.61. The molecular weight excluding hydrogens is 302 g/mol. The molecule has 3 aromatic carbocycles. The van der Waals surface area contributed by atoms with Gasteiger partial charge in [-0.3, -0.25) is 4.98 Å². The summed E-state index contributed by atoms with van der Waals surface area (Å²) in [6.45, 7) is 2.18. The van der Waals surface area contributed by atoms with Crippen molar-refractivity contribution in [2.24, 2.45) is 0 Å². The Morgan fingerprint density at radius 2 is 1.24 bits per heavy atom. The largest absolute Gasteiger partial charge is 0.256 e. The smallest absolute Gasteiger partial charge is 0.0708 e.